The molecule has 0 amide bonds. The van der Waals surface area contributed by atoms with Crippen molar-refractivity contribution in [3.05, 3.63) is 88.2 Å². The van der Waals surface area contributed by atoms with E-state index in [4.69, 9.17) is 4.74 Å². The Morgan fingerprint density at radius 2 is 1.76 bits per heavy atom. The zero-order valence-corrected chi connectivity index (χ0v) is 19.3. The predicted molar refractivity (Wildman–Crippen MR) is 123 cm³/mol. The number of rotatable bonds is 7. The molecule has 0 N–H and O–H groups in total. The smallest absolute Gasteiger partial charge is 0.338 e. The number of esters is 2. The number of thioether (sulfide) groups is 1. The Bertz CT molecular complexity index is 1320. The Morgan fingerprint density at radius 3 is 2.52 bits per heavy atom. The number of aryl methyl sites for hydroxylation is 2. The van der Waals surface area contributed by atoms with Gasteiger partial charge in [0.15, 0.2) is 0 Å². The third kappa shape index (κ3) is 5.20. The summed E-state index contributed by atoms with van der Waals surface area (Å²) in [5.74, 6) is 0.236. The Balaban J connectivity index is 1.42. The fourth-order valence-corrected chi connectivity index (χ4v) is 4.10. The van der Waals surface area contributed by atoms with Crippen molar-refractivity contribution in [2.45, 2.75) is 31.4 Å². The zero-order valence-electron chi connectivity index (χ0n) is 18.4. The van der Waals surface area contributed by atoms with Gasteiger partial charge in [-0.1, -0.05) is 42.1 Å². The van der Waals surface area contributed by atoms with Gasteiger partial charge in [-0.3, -0.25) is 0 Å². The minimum absolute atomic E-state index is 0.0973. The minimum Gasteiger partial charge on any atom is -0.465 e. The number of benzene rings is 2. The lowest BCUT2D eigenvalue weighted by Crippen LogP contribution is -2.08. The van der Waals surface area contributed by atoms with Gasteiger partial charge in [-0.25, -0.2) is 19.1 Å². The molecule has 8 nitrogen and oxygen atoms in total. The summed E-state index contributed by atoms with van der Waals surface area (Å²) in [5, 5.41) is 5.09. The molecule has 168 valence electrons. The van der Waals surface area contributed by atoms with Crippen molar-refractivity contribution >= 4 is 29.5 Å². The van der Waals surface area contributed by atoms with E-state index in [1.165, 1.54) is 18.9 Å². The molecule has 0 aliphatic carbocycles. The summed E-state index contributed by atoms with van der Waals surface area (Å²) in [6, 6.07) is 16.0. The molecular weight excluding hydrogens is 440 g/mol. The summed E-state index contributed by atoms with van der Waals surface area (Å²) in [7, 11) is 1.33. The van der Waals surface area contributed by atoms with Gasteiger partial charge in [0.05, 0.1) is 18.2 Å². The largest absolute Gasteiger partial charge is 0.465 e. The topological polar surface area (TPSA) is 95.7 Å². The molecule has 2 heterocycles. The molecule has 2 aromatic heterocycles. The standard InChI is InChI=1S/C24H22N4O4S/c1-15-12-16(2)28-23(25-15)26-24(27-28)33-14-19-6-4-5-7-20(19)22(30)32-13-17-8-10-18(11-9-17)21(29)31-3/h4-12H,13-14H2,1-3H3. The fourth-order valence-electron chi connectivity index (χ4n) is 3.28. The second-order valence-corrected chi connectivity index (χ2v) is 8.30. The van der Waals surface area contributed by atoms with Gasteiger partial charge < -0.3 is 9.47 Å². The van der Waals surface area contributed by atoms with Crippen LogP contribution in [0.3, 0.4) is 0 Å². The molecule has 0 radical (unpaired) electrons. The van der Waals surface area contributed by atoms with Crippen molar-refractivity contribution in [3.8, 4) is 0 Å². The van der Waals surface area contributed by atoms with Gasteiger partial charge in [0.2, 0.25) is 5.16 Å². The van der Waals surface area contributed by atoms with Gasteiger partial charge in [-0.05, 0) is 49.2 Å². The Kier molecular flexibility index (Phi) is 6.69. The van der Waals surface area contributed by atoms with Crippen LogP contribution in [0.1, 0.15) is 43.2 Å². The van der Waals surface area contributed by atoms with Crippen molar-refractivity contribution in [1.29, 1.82) is 0 Å². The number of methoxy groups -OCH3 is 1. The second-order valence-electron chi connectivity index (χ2n) is 7.36. The zero-order chi connectivity index (χ0) is 23.4. The number of hydrogen-bond donors (Lipinski definition) is 0. The lowest BCUT2D eigenvalue weighted by Gasteiger charge is -2.09. The maximum absolute atomic E-state index is 12.7. The molecule has 0 spiro atoms. The number of nitrogens with zero attached hydrogens (tertiary/aromatic N) is 4. The molecule has 9 heteroatoms. The molecule has 0 fully saturated rings. The second kappa shape index (κ2) is 9.83. The third-order valence-corrected chi connectivity index (χ3v) is 5.82. The predicted octanol–water partition coefficient (Wildman–Crippen LogP) is 4.18. The van der Waals surface area contributed by atoms with Gasteiger partial charge >= 0.3 is 11.9 Å². The van der Waals surface area contributed by atoms with E-state index in [-0.39, 0.29) is 6.61 Å². The highest BCUT2D eigenvalue weighted by Gasteiger charge is 2.15. The van der Waals surface area contributed by atoms with Crippen LogP contribution < -0.4 is 0 Å². The van der Waals surface area contributed by atoms with Crippen molar-refractivity contribution < 1.29 is 19.1 Å². The molecule has 2 aromatic carbocycles. The van der Waals surface area contributed by atoms with Gasteiger partial charge in [0, 0.05) is 17.1 Å². The van der Waals surface area contributed by atoms with Crippen molar-refractivity contribution in [2.75, 3.05) is 7.11 Å². The number of hydrogen-bond acceptors (Lipinski definition) is 8. The first-order valence-electron chi connectivity index (χ1n) is 10.2. The van der Waals surface area contributed by atoms with E-state index in [0.717, 1.165) is 22.5 Å². The average molecular weight is 463 g/mol. The number of ether oxygens (including phenoxy) is 2. The van der Waals surface area contributed by atoms with Crippen LogP contribution >= 0.6 is 11.8 Å². The molecule has 0 aliphatic heterocycles. The summed E-state index contributed by atoms with van der Waals surface area (Å²) in [6.45, 7) is 3.98. The maximum atomic E-state index is 12.7. The normalized spacial score (nSPS) is 10.9. The first-order valence-corrected chi connectivity index (χ1v) is 11.2. The van der Waals surface area contributed by atoms with Crippen LogP contribution in [-0.4, -0.2) is 38.6 Å². The molecule has 0 unspecified atom stereocenters. The van der Waals surface area contributed by atoms with E-state index in [0.29, 0.717) is 27.8 Å². The summed E-state index contributed by atoms with van der Waals surface area (Å²) in [6.07, 6.45) is 0. The maximum Gasteiger partial charge on any atom is 0.338 e. The van der Waals surface area contributed by atoms with Crippen LogP contribution in [0.4, 0.5) is 0 Å². The van der Waals surface area contributed by atoms with E-state index in [2.05, 4.69) is 19.8 Å². The summed E-state index contributed by atoms with van der Waals surface area (Å²) < 4.78 is 11.9. The van der Waals surface area contributed by atoms with Crippen LogP contribution in [0.25, 0.3) is 5.78 Å². The number of aromatic nitrogens is 4. The van der Waals surface area contributed by atoms with Crippen LogP contribution in [0.15, 0.2) is 59.8 Å². The van der Waals surface area contributed by atoms with Crippen molar-refractivity contribution in [1.82, 2.24) is 19.6 Å². The van der Waals surface area contributed by atoms with Gasteiger partial charge in [0.1, 0.15) is 6.61 Å². The van der Waals surface area contributed by atoms with E-state index in [1.807, 2.05) is 32.0 Å². The molecule has 0 atom stereocenters. The highest BCUT2D eigenvalue weighted by molar-refractivity contribution is 7.98. The fraction of sp³-hybridized carbons (Fsp3) is 0.208. The first-order chi connectivity index (χ1) is 15.9. The summed E-state index contributed by atoms with van der Waals surface area (Å²) in [5.41, 5.74) is 4.38. The number of fused-ring (bicyclic) bond motifs is 1. The molecular formula is C24H22N4O4S. The van der Waals surface area contributed by atoms with Gasteiger partial charge in [0.25, 0.3) is 5.78 Å². The van der Waals surface area contributed by atoms with E-state index >= 15 is 0 Å². The monoisotopic (exact) mass is 462 g/mol. The molecule has 0 saturated carbocycles. The van der Waals surface area contributed by atoms with Crippen molar-refractivity contribution in [2.24, 2.45) is 0 Å². The van der Waals surface area contributed by atoms with Crippen LogP contribution in [0.5, 0.6) is 0 Å². The quantitative estimate of drug-likeness (QED) is 0.298. The molecule has 0 aliphatic rings. The number of carbonyl (C=O) groups is 2. The SMILES string of the molecule is COC(=O)c1ccc(COC(=O)c2ccccc2CSc2nc3nc(C)cc(C)n3n2)cc1. The van der Waals surface area contributed by atoms with E-state index in [1.54, 1.807) is 40.9 Å². The summed E-state index contributed by atoms with van der Waals surface area (Å²) >= 11 is 1.43. The number of carbonyl (C=O) groups excluding carboxylic acids is 2. The molecule has 4 rings (SSSR count). The highest BCUT2D eigenvalue weighted by atomic mass is 32.2. The van der Waals surface area contributed by atoms with E-state index < -0.39 is 11.9 Å². The van der Waals surface area contributed by atoms with Gasteiger partial charge in [-0.2, -0.15) is 4.98 Å². The van der Waals surface area contributed by atoms with Crippen LogP contribution in [0.2, 0.25) is 0 Å². The molecule has 0 saturated heterocycles. The third-order valence-electron chi connectivity index (χ3n) is 4.94. The molecule has 33 heavy (non-hydrogen) atoms. The molecule has 4 aromatic rings. The average Bonchev–Trinajstić information content (AvgIpc) is 3.24. The highest BCUT2D eigenvalue weighted by Crippen LogP contribution is 2.23. The Morgan fingerprint density at radius 1 is 1.00 bits per heavy atom. The minimum atomic E-state index is -0.417. The lowest BCUT2D eigenvalue weighted by molar-refractivity contribution is 0.0470. The Hall–Kier alpha value is -3.72. The van der Waals surface area contributed by atoms with Crippen molar-refractivity contribution in [3.63, 3.8) is 0 Å². The van der Waals surface area contributed by atoms with E-state index in [9.17, 15) is 9.59 Å². The van der Waals surface area contributed by atoms with Gasteiger partial charge in [-0.15, -0.1) is 5.10 Å². The lowest BCUT2D eigenvalue weighted by atomic mass is 10.1. The summed E-state index contributed by atoms with van der Waals surface area (Å²) in [4.78, 5) is 33.2. The van der Waals surface area contributed by atoms with Crippen LogP contribution in [0, 0.1) is 13.8 Å². The van der Waals surface area contributed by atoms with Crippen LogP contribution in [-0.2, 0) is 21.8 Å². The Labute approximate surface area is 195 Å². The first kappa shape index (κ1) is 22.5. The molecule has 0 bridgehead atoms.